The topological polar surface area (TPSA) is 0 Å². The Morgan fingerprint density at radius 1 is 1.00 bits per heavy atom. The zero-order valence-electron chi connectivity index (χ0n) is 11.1. The molecule has 16 heavy (non-hydrogen) atoms. The van der Waals surface area contributed by atoms with Crippen molar-refractivity contribution in [3.63, 3.8) is 0 Å². The molecule has 0 bridgehead atoms. The van der Waals surface area contributed by atoms with E-state index in [4.69, 9.17) is 11.6 Å². The van der Waals surface area contributed by atoms with E-state index in [0.29, 0.717) is 0 Å². The molecule has 0 heterocycles. The van der Waals surface area contributed by atoms with E-state index in [-0.39, 0.29) is 5.38 Å². The molecule has 0 aliphatic rings. The van der Waals surface area contributed by atoms with E-state index in [1.165, 1.54) is 28.7 Å². The molecule has 0 spiro atoms. The lowest BCUT2D eigenvalue weighted by Gasteiger charge is -2.17. The molecule has 0 saturated heterocycles. The Labute approximate surface area is 105 Å². The first-order valence-electron chi connectivity index (χ1n) is 6.13. The van der Waals surface area contributed by atoms with E-state index in [1.54, 1.807) is 0 Å². The van der Waals surface area contributed by atoms with Crippen LogP contribution in [0.2, 0.25) is 0 Å². The minimum Gasteiger partial charge on any atom is -0.118 e. The summed E-state index contributed by atoms with van der Waals surface area (Å²) in [6.07, 6.45) is 2.27. The highest BCUT2D eigenvalue weighted by atomic mass is 35.5. The van der Waals surface area contributed by atoms with Crippen LogP contribution in [-0.2, 0) is 0 Å². The first-order valence-corrected chi connectivity index (χ1v) is 6.57. The summed E-state index contributed by atoms with van der Waals surface area (Å²) in [6.45, 7) is 11.0. The molecule has 0 fully saturated rings. The number of hydrogen-bond donors (Lipinski definition) is 0. The van der Waals surface area contributed by atoms with Crippen molar-refractivity contribution in [2.24, 2.45) is 5.92 Å². The summed E-state index contributed by atoms with van der Waals surface area (Å²) in [5, 5.41) is 0.169. The molecule has 0 N–H and O–H groups in total. The average Bonchev–Trinajstić information content (AvgIpc) is 2.12. The molecule has 0 aliphatic heterocycles. The van der Waals surface area contributed by atoms with E-state index in [0.717, 1.165) is 12.3 Å². The van der Waals surface area contributed by atoms with Crippen LogP contribution in [0.3, 0.4) is 0 Å². The van der Waals surface area contributed by atoms with Crippen LogP contribution in [0.15, 0.2) is 12.1 Å². The van der Waals surface area contributed by atoms with Gasteiger partial charge in [-0.3, -0.25) is 0 Å². The predicted molar refractivity (Wildman–Crippen MR) is 73.3 cm³/mol. The van der Waals surface area contributed by atoms with Crippen molar-refractivity contribution in [3.05, 3.63) is 34.4 Å². The van der Waals surface area contributed by atoms with Gasteiger partial charge in [0.25, 0.3) is 0 Å². The van der Waals surface area contributed by atoms with Gasteiger partial charge >= 0.3 is 0 Å². The van der Waals surface area contributed by atoms with Gasteiger partial charge in [0.1, 0.15) is 0 Å². The third kappa shape index (κ3) is 3.52. The molecule has 0 amide bonds. The molecule has 1 aromatic rings. The quantitative estimate of drug-likeness (QED) is 0.622. The number of benzene rings is 1. The number of aryl methyl sites for hydroxylation is 3. The first kappa shape index (κ1) is 13.6. The number of alkyl halides is 1. The van der Waals surface area contributed by atoms with E-state index in [9.17, 15) is 0 Å². The van der Waals surface area contributed by atoms with Crippen molar-refractivity contribution in [2.45, 2.75) is 52.8 Å². The molecule has 0 aromatic heterocycles. The highest BCUT2D eigenvalue weighted by Crippen LogP contribution is 2.32. The number of rotatable bonds is 4. The maximum atomic E-state index is 6.51. The molecular formula is C15H23Cl. The van der Waals surface area contributed by atoms with Gasteiger partial charge in [-0.15, -0.1) is 11.6 Å². The Morgan fingerprint density at radius 3 is 1.94 bits per heavy atom. The second-order valence-electron chi connectivity index (χ2n) is 5.25. The van der Waals surface area contributed by atoms with E-state index < -0.39 is 0 Å². The zero-order valence-corrected chi connectivity index (χ0v) is 11.9. The normalized spacial score (nSPS) is 13.2. The molecule has 1 atom stereocenters. The summed E-state index contributed by atoms with van der Waals surface area (Å²) in [7, 11) is 0. The second-order valence-corrected chi connectivity index (χ2v) is 5.78. The molecule has 0 nitrogen and oxygen atoms in total. The van der Waals surface area contributed by atoms with E-state index >= 15 is 0 Å². The van der Waals surface area contributed by atoms with Crippen molar-refractivity contribution in [1.29, 1.82) is 0 Å². The smallest absolute Gasteiger partial charge is 0.0590 e. The second kappa shape index (κ2) is 5.72. The van der Waals surface area contributed by atoms with E-state index in [1.807, 2.05) is 0 Å². The van der Waals surface area contributed by atoms with Crippen molar-refractivity contribution >= 4 is 11.6 Å². The Morgan fingerprint density at radius 2 is 1.50 bits per heavy atom. The Hall–Kier alpha value is -0.490. The summed E-state index contributed by atoms with van der Waals surface area (Å²) in [6, 6.07) is 4.46. The van der Waals surface area contributed by atoms with Gasteiger partial charge in [0.05, 0.1) is 5.38 Å². The van der Waals surface area contributed by atoms with Crippen LogP contribution < -0.4 is 0 Å². The Bertz CT molecular complexity index is 329. The van der Waals surface area contributed by atoms with Crippen molar-refractivity contribution in [1.82, 2.24) is 0 Å². The number of halogens is 1. The SMILES string of the molecule is Cc1cc(C)c(C(Cl)CCC(C)C)c(C)c1. The monoisotopic (exact) mass is 238 g/mol. The van der Waals surface area contributed by atoms with Crippen molar-refractivity contribution < 1.29 is 0 Å². The molecule has 1 heteroatoms. The van der Waals surface area contributed by atoms with Crippen LogP contribution in [-0.4, -0.2) is 0 Å². The number of hydrogen-bond acceptors (Lipinski definition) is 0. The van der Waals surface area contributed by atoms with Gasteiger partial charge in [-0.1, -0.05) is 31.5 Å². The lowest BCUT2D eigenvalue weighted by molar-refractivity contribution is 0.548. The van der Waals surface area contributed by atoms with Gasteiger partial charge < -0.3 is 0 Å². The molecule has 0 saturated carbocycles. The van der Waals surface area contributed by atoms with Crippen LogP contribution in [0.25, 0.3) is 0 Å². The molecule has 1 rings (SSSR count). The summed E-state index contributed by atoms with van der Waals surface area (Å²) < 4.78 is 0. The zero-order chi connectivity index (χ0) is 12.3. The fourth-order valence-corrected chi connectivity index (χ4v) is 2.78. The van der Waals surface area contributed by atoms with Gasteiger partial charge in [0.2, 0.25) is 0 Å². The summed E-state index contributed by atoms with van der Waals surface area (Å²) >= 11 is 6.51. The molecule has 90 valence electrons. The Kier molecular flexibility index (Phi) is 4.86. The lowest BCUT2D eigenvalue weighted by atomic mass is 9.94. The molecule has 1 unspecified atom stereocenters. The van der Waals surface area contributed by atoms with Crippen molar-refractivity contribution in [3.8, 4) is 0 Å². The van der Waals surface area contributed by atoms with Crippen LogP contribution >= 0.6 is 11.6 Å². The van der Waals surface area contributed by atoms with Crippen LogP contribution in [0.5, 0.6) is 0 Å². The molecule has 1 aromatic carbocycles. The highest BCUT2D eigenvalue weighted by Gasteiger charge is 2.14. The highest BCUT2D eigenvalue weighted by molar-refractivity contribution is 6.21. The van der Waals surface area contributed by atoms with Gasteiger partial charge in [-0.05, 0) is 56.2 Å². The van der Waals surface area contributed by atoms with Crippen LogP contribution in [0.1, 0.15) is 54.3 Å². The minimum absolute atomic E-state index is 0.169. The van der Waals surface area contributed by atoms with Gasteiger partial charge in [0.15, 0.2) is 0 Å². The largest absolute Gasteiger partial charge is 0.118 e. The standard InChI is InChI=1S/C15H23Cl/c1-10(2)6-7-14(16)15-12(4)8-11(3)9-13(15)5/h8-10,14H,6-7H2,1-5H3. The van der Waals surface area contributed by atoms with Gasteiger partial charge in [-0.25, -0.2) is 0 Å². The fraction of sp³-hybridized carbons (Fsp3) is 0.600. The van der Waals surface area contributed by atoms with Crippen LogP contribution in [0.4, 0.5) is 0 Å². The van der Waals surface area contributed by atoms with Crippen LogP contribution in [0, 0.1) is 26.7 Å². The summed E-state index contributed by atoms with van der Waals surface area (Å²) in [5.74, 6) is 0.729. The molecular weight excluding hydrogens is 216 g/mol. The third-order valence-corrected chi connectivity index (χ3v) is 3.49. The fourth-order valence-electron chi connectivity index (χ4n) is 2.31. The maximum Gasteiger partial charge on any atom is 0.0590 e. The average molecular weight is 239 g/mol. The van der Waals surface area contributed by atoms with Crippen molar-refractivity contribution in [2.75, 3.05) is 0 Å². The predicted octanol–water partition coefficient (Wildman–Crippen LogP) is 5.33. The Balaban J connectivity index is 2.86. The van der Waals surface area contributed by atoms with E-state index in [2.05, 4.69) is 46.8 Å². The summed E-state index contributed by atoms with van der Waals surface area (Å²) in [4.78, 5) is 0. The molecule has 0 aliphatic carbocycles. The van der Waals surface area contributed by atoms with Gasteiger partial charge in [-0.2, -0.15) is 0 Å². The summed E-state index contributed by atoms with van der Waals surface area (Å²) in [5.41, 5.74) is 5.34. The lowest BCUT2D eigenvalue weighted by Crippen LogP contribution is -2.00. The maximum absolute atomic E-state index is 6.51. The van der Waals surface area contributed by atoms with Gasteiger partial charge in [0, 0.05) is 0 Å². The molecule has 0 radical (unpaired) electrons. The first-order chi connectivity index (χ1) is 7.41. The minimum atomic E-state index is 0.169. The third-order valence-electron chi connectivity index (χ3n) is 3.05.